The van der Waals surface area contributed by atoms with Crippen LogP contribution in [0.3, 0.4) is 0 Å². The Bertz CT molecular complexity index is 345. The Morgan fingerprint density at radius 1 is 1.31 bits per heavy atom. The second-order valence-electron chi connectivity index (χ2n) is 4.28. The molecule has 3 nitrogen and oxygen atoms in total. The lowest BCUT2D eigenvalue weighted by Crippen LogP contribution is -2.21. The maximum absolute atomic E-state index is 6.11. The Kier molecular flexibility index (Phi) is 4.14. The summed E-state index contributed by atoms with van der Waals surface area (Å²) < 4.78 is 2.14. The number of hydrogen-bond acceptors (Lipinski definition) is 3. The minimum Gasteiger partial charge on any atom is -0.299 e. The minimum atomic E-state index is 0.515. The summed E-state index contributed by atoms with van der Waals surface area (Å²) in [6.07, 6.45) is 8.08. The van der Waals surface area contributed by atoms with E-state index in [9.17, 15) is 0 Å². The Labute approximate surface area is 106 Å². The first-order chi connectivity index (χ1) is 7.76. The van der Waals surface area contributed by atoms with Crippen LogP contribution in [0.5, 0.6) is 0 Å². The number of nitrogens with zero attached hydrogens (tertiary/aromatic N) is 3. The minimum absolute atomic E-state index is 0.515. The van der Waals surface area contributed by atoms with Gasteiger partial charge in [-0.15, -0.1) is 10.2 Å². The molecule has 1 aromatic heterocycles. The van der Waals surface area contributed by atoms with Crippen molar-refractivity contribution in [3.05, 3.63) is 11.1 Å². The van der Waals surface area contributed by atoms with E-state index in [0.29, 0.717) is 11.3 Å². The lowest BCUT2D eigenvalue weighted by Gasteiger charge is -2.29. The first kappa shape index (κ1) is 12.2. The van der Waals surface area contributed by atoms with Gasteiger partial charge in [-0.25, -0.2) is 0 Å². The van der Waals surface area contributed by atoms with Crippen LogP contribution in [0, 0.1) is 0 Å². The third-order valence-electron chi connectivity index (χ3n) is 3.38. The molecular formula is C11H18ClN3S. The molecule has 0 bridgehead atoms. The molecule has 0 atom stereocenters. The maximum Gasteiger partial charge on any atom is 0.225 e. The van der Waals surface area contributed by atoms with Crippen LogP contribution in [0.15, 0.2) is 0 Å². The van der Waals surface area contributed by atoms with E-state index in [1.165, 1.54) is 25.7 Å². The third kappa shape index (κ3) is 2.38. The summed E-state index contributed by atoms with van der Waals surface area (Å²) in [5.74, 6) is 1.03. The third-order valence-corrected chi connectivity index (χ3v) is 4.78. The van der Waals surface area contributed by atoms with E-state index in [4.69, 9.17) is 11.6 Å². The first-order valence-corrected chi connectivity index (χ1v) is 7.55. The zero-order chi connectivity index (χ0) is 11.5. The van der Waals surface area contributed by atoms with Crippen molar-refractivity contribution < 1.29 is 0 Å². The van der Waals surface area contributed by atoms with Crippen molar-refractivity contribution in [3.63, 3.8) is 0 Å². The molecular weight excluding hydrogens is 242 g/mol. The van der Waals surface area contributed by atoms with Crippen LogP contribution < -0.4 is 0 Å². The number of hydrogen-bond donors (Lipinski definition) is 0. The van der Waals surface area contributed by atoms with Gasteiger partial charge in [-0.05, 0) is 43.5 Å². The highest BCUT2D eigenvalue weighted by Crippen LogP contribution is 2.35. The molecule has 1 aromatic rings. The highest BCUT2D eigenvalue weighted by molar-refractivity contribution is 7.99. The smallest absolute Gasteiger partial charge is 0.225 e. The molecule has 0 radical (unpaired) electrons. The predicted octanol–water partition coefficient (Wildman–Crippen LogP) is 3.34. The van der Waals surface area contributed by atoms with Gasteiger partial charge < -0.3 is 0 Å². The summed E-state index contributed by atoms with van der Waals surface area (Å²) in [6.45, 7) is 2.10. The standard InChI is InChI=1S/C11H18ClN3S/c1-3-10-13-14-11(12)15(10)8-4-6-9(16-2)7-5-8/h8-9H,3-7H2,1-2H3. The summed E-state index contributed by atoms with van der Waals surface area (Å²) in [7, 11) is 0. The molecule has 0 aromatic carbocycles. The van der Waals surface area contributed by atoms with E-state index in [2.05, 4.69) is 27.9 Å². The lowest BCUT2D eigenvalue weighted by molar-refractivity contribution is 0.352. The Balaban J connectivity index is 2.10. The molecule has 1 aliphatic carbocycles. The molecule has 0 amide bonds. The van der Waals surface area contributed by atoms with E-state index in [-0.39, 0.29) is 0 Å². The number of aromatic nitrogens is 3. The number of thioether (sulfide) groups is 1. The average molecular weight is 260 g/mol. The van der Waals surface area contributed by atoms with E-state index in [0.717, 1.165) is 17.5 Å². The summed E-state index contributed by atoms with van der Waals surface area (Å²) >= 11 is 8.10. The molecule has 90 valence electrons. The van der Waals surface area contributed by atoms with Crippen LogP contribution in [-0.4, -0.2) is 26.3 Å². The van der Waals surface area contributed by atoms with Crippen LogP contribution in [-0.2, 0) is 6.42 Å². The topological polar surface area (TPSA) is 30.7 Å². The van der Waals surface area contributed by atoms with Crippen molar-refractivity contribution in [2.75, 3.05) is 6.26 Å². The first-order valence-electron chi connectivity index (χ1n) is 5.88. The molecule has 1 saturated carbocycles. The molecule has 0 saturated heterocycles. The highest BCUT2D eigenvalue weighted by Gasteiger charge is 2.25. The van der Waals surface area contributed by atoms with Crippen LogP contribution in [0.1, 0.15) is 44.5 Å². The molecule has 1 aliphatic rings. The molecule has 16 heavy (non-hydrogen) atoms. The normalized spacial score (nSPS) is 25.9. The fourth-order valence-electron chi connectivity index (χ4n) is 2.44. The van der Waals surface area contributed by atoms with Gasteiger partial charge in [-0.2, -0.15) is 11.8 Å². The van der Waals surface area contributed by atoms with Crippen LogP contribution in [0.25, 0.3) is 0 Å². The fraction of sp³-hybridized carbons (Fsp3) is 0.818. The second kappa shape index (κ2) is 5.41. The van der Waals surface area contributed by atoms with E-state index < -0.39 is 0 Å². The molecule has 1 fully saturated rings. The highest BCUT2D eigenvalue weighted by atomic mass is 35.5. The van der Waals surface area contributed by atoms with Crippen molar-refractivity contribution in [3.8, 4) is 0 Å². The lowest BCUT2D eigenvalue weighted by atomic mass is 9.94. The molecule has 0 N–H and O–H groups in total. The van der Waals surface area contributed by atoms with Crippen LogP contribution in [0.2, 0.25) is 5.28 Å². The van der Waals surface area contributed by atoms with Gasteiger partial charge in [0.1, 0.15) is 5.82 Å². The largest absolute Gasteiger partial charge is 0.299 e. The second-order valence-corrected chi connectivity index (χ2v) is 5.75. The predicted molar refractivity (Wildman–Crippen MR) is 69.2 cm³/mol. The van der Waals surface area contributed by atoms with Crippen LogP contribution in [0.4, 0.5) is 0 Å². The van der Waals surface area contributed by atoms with Gasteiger partial charge in [-0.1, -0.05) is 6.92 Å². The van der Waals surface area contributed by atoms with Gasteiger partial charge in [0.05, 0.1) is 0 Å². The Hall–Kier alpha value is -0.220. The molecule has 2 rings (SSSR count). The Morgan fingerprint density at radius 3 is 2.56 bits per heavy atom. The monoisotopic (exact) mass is 259 g/mol. The van der Waals surface area contributed by atoms with Gasteiger partial charge in [0.25, 0.3) is 0 Å². The van der Waals surface area contributed by atoms with Gasteiger partial charge in [-0.3, -0.25) is 4.57 Å². The quantitative estimate of drug-likeness (QED) is 0.834. The number of rotatable bonds is 3. The fourth-order valence-corrected chi connectivity index (χ4v) is 3.46. The van der Waals surface area contributed by atoms with Gasteiger partial charge >= 0.3 is 0 Å². The van der Waals surface area contributed by atoms with E-state index in [1.54, 1.807) is 0 Å². The van der Waals surface area contributed by atoms with E-state index in [1.807, 2.05) is 11.8 Å². The van der Waals surface area contributed by atoms with Gasteiger partial charge in [0.15, 0.2) is 0 Å². The molecule has 0 aliphatic heterocycles. The number of halogens is 1. The summed E-state index contributed by atoms with van der Waals surface area (Å²) in [6, 6.07) is 0.515. The van der Waals surface area contributed by atoms with Gasteiger partial charge in [0.2, 0.25) is 5.28 Å². The van der Waals surface area contributed by atoms with Crippen molar-refractivity contribution in [2.24, 2.45) is 0 Å². The summed E-state index contributed by atoms with van der Waals surface area (Å²) in [5, 5.41) is 9.49. The van der Waals surface area contributed by atoms with E-state index >= 15 is 0 Å². The average Bonchev–Trinajstić information content (AvgIpc) is 2.70. The summed E-state index contributed by atoms with van der Waals surface area (Å²) in [4.78, 5) is 0. The maximum atomic E-state index is 6.11. The van der Waals surface area contributed by atoms with Crippen molar-refractivity contribution >= 4 is 23.4 Å². The zero-order valence-electron chi connectivity index (χ0n) is 9.82. The molecule has 5 heteroatoms. The molecule has 0 unspecified atom stereocenters. The summed E-state index contributed by atoms with van der Waals surface area (Å²) in [5.41, 5.74) is 0. The SMILES string of the molecule is CCc1nnc(Cl)n1C1CCC(SC)CC1. The zero-order valence-corrected chi connectivity index (χ0v) is 11.4. The molecule has 1 heterocycles. The van der Waals surface area contributed by atoms with Crippen molar-refractivity contribution in [1.82, 2.24) is 14.8 Å². The molecule has 0 spiro atoms. The van der Waals surface area contributed by atoms with Gasteiger partial charge in [0, 0.05) is 17.7 Å². The van der Waals surface area contributed by atoms with Crippen LogP contribution >= 0.6 is 23.4 Å². The Morgan fingerprint density at radius 2 is 2.00 bits per heavy atom. The van der Waals surface area contributed by atoms with Crippen molar-refractivity contribution in [1.29, 1.82) is 0 Å². The van der Waals surface area contributed by atoms with Crippen molar-refractivity contribution in [2.45, 2.75) is 50.3 Å². The number of aryl methyl sites for hydroxylation is 1.